The van der Waals surface area contributed by atoms with Gasteiger partial charge in [0, 0.05) is 23.8 Å². The van der Waals surface area contributed by atoms with Gasteiger partial charge < -0.3 is 10.1 Å². The van der Waals surface area contributed by atoms with Crippen LogP contribution in [0.1, 0.15) is 57.9 Å². The fourth-order valence-corrected chi connectivity index (χ4v) is 1.77. The average molecular weight is 264 g/mol. The van der Waals surface area contributed by atoms with Crippen LogP contribution in [0.5, 0.6) is 5.88 Å². The highest BCUT2D eigenvalue weighted by molar-refractivity contribution is 5.36. The molecule has 3 nitrogen and oxygen atoms in total. The molecule has 0 aromatic carbocycles. The molecule has 3 heteroatoms. The Kier molecular flexibility index (Phi) is 5.36. The van der Waals surface area contributed by atoms with Gasteiger partial charge in [0.1, 0.15) is 5.60 Å². The molecule has 0 fully saturated rings. The van der Waals surface area contributed by atoms with Crippen LogP contribution in [0.3, 0.4) is 0 Å². The largest absolute Gasteiger partial charge is 0.471 e. The molecule has 0 unspecified atom stereocenters. The lowest BCUT2D eigenvalue weighted by atomic mass is 10.1. The number of ether oxygens (including phenoxy) is 1. The van der Waals surface area contributed by atoms with Crippen LogP contribution in [-0.4, -0.2) is 16.6 Å². The molecule has 108 valence electrons. The first kappa shape index (κ1) is 16.0. The van der Waals surface area contributed by atoms with E-state index in [0.29, 0.717) is 6.04 Å². The highest BCUT2D eigenvalue weighted by Gasteiger charge is 2.21. The summed E-state index contributed by atoms with van der Waals surface area (Å²) < 4.78 is 6.12. The van der Waals surface area contributed by atoms with E-state index >= 15 is 0 Å². The van der Waals surface area contributed by atoms with E-state index in [1.54, 1.807) is 0 Å². The SMILES string of the molecule is CCC(C)(C)Oc1nc(C)cc(C)c1CNC(C)C. The van der Waals surface area contributed by atoms with Gasteiger partial charge in [0.05, 0.1) is 0 Å². The van der Waals surface area contributed by atoms with E-state index in [1.807, 2.05) is 6.92 Å². The van der Waals surface area contributed by atoms with Crippen LogP contribution < -0.4 is 10.1 Å². The van der Waals surface area contributed by atoms with Crippen LogP contribution in [0.2, 0.25) is 0 Å². The molecule has 0 radical (unpaired) electrons. The fourth-order valence-electron chi connectivity index (χ4n) is 1.77. The molecule has 0 saturated carbocycles. The van der Waals surface area contributed by atoms with E-state index in [9.17, 15) is 0 Å². The zero-order valence-corrected chi connectivity index (χ0v) is 13.4. The van der Waals surface area contributed by atoms with Gasteiger partial charge in [-0.15, -0.1) is 0 Å². The predicted octanol–water partition coefficient (Wildman–Crippen LogP) is 3.76. The molecule has 0 bridgehead atoms. The first-order valence-corrected chi connectivity index (χ1v) is 7.14. The van der Waals surface area contributed by atoms with Crippen molar-refractivity contribution in [2.24, 2.45) is 0 Å². The molecule has 0 amide bonds. The minimum absolute atomic E-state index is 0.181. The molecule has 1 aromatic rings. The summed E-state index contributed by atoms with van der Waals surface area (Å²) in [6, 6.07) is 2.57. The van der Waals surface area contributed by atoms with Crippen molar-refractivity contribution in [3.8, 4) is 5.88 Å². The number of rotatable bonds is 6. The number of nitrogens with zero attached hydrogens (tertiary/aromatic N) is 1. The Morgan fingerprint density at radius 1 is 1.32 bits per heavy atom. The van der Waals surface area contributed by atoms with Gasteiger partial charge in [-0.05, 0) is 45.7 Å². The lowest BCUT2D eigenvalue weighted by Gasteiger charge is -2.26. The number of aromatic nitrogens is 1. The fraction of sp³-hybridized carbons (Fsp3) is 0.688. The molecule has 1 N–H and O–H groups in total. The summed E-state index contributed by atoms with van der Waals surface area (Å²) in [5.41, 5.74) is 3.23. The van der Waals surface area contributed by atoms with Crippen LogP contribution in [0, 0.1) is 13.8 Å². The zero-order valence-electron chi connectivity index (χ0n) is 13.4. The van der Waals surface area contributed by atoms with Crippen molar-refractivity contribution < 1.29 is 4.74 Å². The second kappa shape index (κ2) is 6.38. The molecule has 0 spiro atoms. The third-order valence-corrected chi connectivity index (χ3v) is 3.35. The van der Waals surface area contributed by atoms with Gasteiger partial charge >= 0.3 is 0 Å². The monoisotopic (exact) mass is 264 g/mol. The Morgan fingerprint density at radius 3 is 2.47 bits per heavy atom. The van der Waals surface area contributed by atoms with Gasteiger partial charge in [-0.2, -0.15) is 0 Å². The maximum absolute atomic E-state index is 6.12. The van der Waals surface area contributed by atoms with E-state index in [-0.39, 0.29) is 5.60 Å². The molecular formula is C16H28N2O. The lowest BCUT2D eigenvalue weighted by molar-refractivity contribution is 0.0970. The van der Waals surface area contributed by atoms with Crippen molar-refractivity contribution in [1.29, 1.82) is 0 Å². The number of aryl methyl sites for hydroxylation is 2. The standard InChI is InChI=1S/C16H28N2O/c1-8-16(6,7)19-15-14(10-17-11(2)3)12(4)9-13(5)18-15/h9,11,17H,8,10H2,1-7H3. The van der Waals surface area contributed by atoms with Gasteiger partial charge in [-0.25, -0.2) is 4.98 Å². The van der Waals surface area contributed by atoms with Crippen LogP contribution in [0.4, 0.5) is 0 Å². The van der Waals surface area contributed by atoms with Crippen molar-refractivity contribution in [2.45, 2.75) is 73.1 Å². The minimum Gasteiger partial charge on any atom is -0.471 e. The van der Waals surface area contributed by atoms with Crippen LogP contribution in [-0.2, 0) is 6.54 Å². The van der Waals surface area contributed by atoms with Crippen molar-refractivity contribution in [3.05, 3.63) is 22.9 Å². The number of pyridine rings is 1. The normalized spacial score (nSPS) is 12.0. The molecule has 1 aromatic heterocycles. The van der Waals surface area contributed by atoms with E-state index in [4.69, 9.17) is 4.74 Å². The van der Waals surface area contributed by atoms with E-state index < -0.39 is 0 Å². The Bertz CT molecular complexity index is 425. The summed E-state index contributed by atoms with van der Waals surface area (Å²) in [6.45, 7) is 15.6. The van der Waals surface area contributed by atoms with Gasteiger partial charge in [0.25, 0.3) is 0 Å². The zero-order chi connectivity index (χ0) is 14.6. The first-order chi connectivity index (χ1) is 8.75. The molecule has 0 atom stereocenters. The van der Waals surface area contributed by atoms with E-state index in [2.05, 4.69) is 57.9 Å². The van der Waals surface area contributed by atoms with Gasteiger partial charge in [0.2, 0.25) is 5.88 Å². The van der Waals surface area contributed by atoms with Crippen LogP contribution in [0.25, 0.3) is 0 Å². The molecular weight excluding hydrogens is 236 g/mol. The summed E-state index contributed by atoms with van der Waals surface area (Å²) in [6.07, 6.45) is 0.957. The second-order valence-corrected chi connectivity index (χ2v) is 6.12. The maximum atomic E-state index is 6.12. The van der Waals surface area contributed by atoms with Crippen molar-refractivity contribution in [1.82, 2.24) is 10.3 Å². The molecule has 0 saturated heterocycles. The summed E-state index contributed by atoms with van der Waals surface area (Å²) in [4.78, 5) is 4.58. The molecule has 0 aliphatic heterocycles. The maximum Gasteiger partial charge on any atom is 0.218 e. The van der Waals surface area contributed by atoms with Crippen molar-refractivity contribution >= 4 is 0 Å². The minimum atomic E-state index is -0.181. The summed E-state index contributed by atoms with van der Waals surface area (Å²) in [5.74, 6) is 0.775. The second-order valence-electron chi connectivity index (χ2n) is 6.12. The molecule has 0 aliphatic rings. The van der Waals surface area contributed by atoms with Crippen LogP contribution in [0.15, 0.2) is 6.07 Å². The topological polar surface area (TPSA) is 34.1 Å². The first-order valence-electron chi connectivity index (χ1n) is 7.14. The van der Waals surface area contributed by atoms with Gasteiger partial charge in [0.15, 0.2) is 0 Å². The Hall–Kier alpha value is -1.09. The quantitative estimate of drug-likeness (QED) is 0.849. The van der Waals surface area contributed by atoms with Crippen molar-refractivity contribution in [3.63, 3.8) is 0 Å². The highest BCUT2D eigenvalue weighted by Crippen LogP contribution is 2.26. The highest BCUT2D eigenvalue weighted by atomic mass is 16.5. The molecule has 1 rings (SSSR count). The Morgan fingerprint density at radius 2 is 1.95 bits per heavy atom. The lowest BCUT2D eigenvalue weighted by Crippen LogP contribution is -2.29. The van der Waals surface area contributed by atoms with Crippen molar-refractivity contribution in [2.75, 3.05) is 0 Å². The Labute approximate surface area is 117 Å². The summed E-state index contributed by atoms with van der Waals surface area (Å²) in [5, 5.41) is 3.45. The van der Waals surface area contributed by atoms with E-state index in [1.165, 1.54) is 11.1 Å². The average Bonchev–Trinajstić information content (AvgIpc) is 2.26. The smallest absolute Gasteiger partial charge is 0.218 e. The molecule has 19 heavy (non-hydrogen) atoms. The third kappa shape index (κ3) is 4.83. The van der Waals surface area contributed by atoms with Gasteiger partial charge in [-0.1, -0.05) is 20.8 Å². The third-order valence-electron chi connectivity index (χ3n) is 3.35. The summed E-state index contributed by atoms with van der Waals surface area (Å²) >= 11 is 0. The summed E-state index contributed by atoms with van der Waals surface area (Å²) in [7, 11) is 0. The Balaban J connectivity index is 3.06. The predicted molar refractivity (Wildman–Crippen MR) is 80.7 cm³/mol. The number of hydrogen-bond donors (Lipinski definition) is 1. The number of hydrogen-bond acceptors (Lipinski definition) is 3. The van der Waals surface area contributed by atoms with E-state index in [0.717, 1.165) is 24.5 Å². The number of nitrogens with one attached hydrogen (secondary N) is 1. The van der Waals surface area contributed by atoms with Crippen LogP contribution >= 0.6 is 0 Å². The van der Waals surface area contributed by atoms with Gasteiger partial charge in [-0.3, -0.25) is 0 Å². The molecule has 1 heterocycles. The molecule has 0 aliphatic carbocycles.